The van der Waals surface area contributed by atoms with E-state index in [-0.39, 0.29) is 13.0 Å². The van der Waals surface area contributed by atoms with Gasteiger partial charge in [-0.25, -0.2) is 4.79 Å². The summed E-state index contributed by atoms with van der Waals surface area (Å²) in [6.45, 7) is 0.718. The number of carboxylic acid groups (broad SMARTS) is 2. The molecule has 4 unspecified atom stereocenters. The maximum absolute atomic E-state index is 13.3. The highest BCUT2D eigenvalue weighted by Gasteiger charge is 2.39. The number of unbranched alkanes of at least 4 members (excludes halogenated alkanes) is 1. The molecule has 0 spiro atoms. The summed E-state index contributed by atoms with van der Waals surface area (Å²) < 4.78 is 0. The Morgan fingerprint density at radius 1 is 1.06 bits per heavy atom. The van der Waals surface area contributed by atoms with Crippen LogP contribution in [0.5, 0.6) is 0 Å². The van der Waals surface area contributed by atoms with Gasteiger partial charge < -0.3 is 37.2 Å². The van der Waals surface area contributed by atoms with Crippen LogP contribution in [-0.2, 0) is 24.0 Å². The summed E-state index contributed by atoms with van der Waals surface area (Å²) in [4.78, 5) is 62.2. The van der Waals surface area contributed by atoms with E-state index in [1.165, 1.54) is 4.90 Å². The molecule has 13 heteroatoms. The molecule has 1 rings (SSSR count). The van der Waals surface area contributed by atoms with Crippen LogP contribution in [0.1, 0.15) is 51.4 Å². The van der Waals surface area contributed by atoms with Crippen molar-refractivity contribution in [3.05, 3.63) is 0 Å². The molecular weight excluding hydrogens is 466 g/mol. The first-order valence-corrected chi connectivity index (χ1v) is 12.8. The minimum Gasteiger partial charge on any atom is -0.481 e. The number of nitrogens with zero attached hydrogens (tertiary/aromatic N) is 1. The number of amides is 3. The van der Waals surface area contributed by atoms with Crippen molar-refractivity contribution >= 4 is 41.4 Å². The van der Waals surface area contributed by atoms with Crippen LogP contribution in [0, 0.1) is 0 Å². The number of nitrogens with one attached hydrogen (secondary N) is 2. The average Bonchev–Trinajstić information content (AvgIpc) is 3.28. The lowest BCUT2D eigenvalue weighted by atomic mass is 10.1. The van der Waals surface area contributed by atoms with E-state index in [0.717, 1.165) is 0 Å². The van der Waals surface area contributed by atoms with Crippen molar-refractivity contribution in [3.63, 3.8) is 0 Å². The summed E-state index contributed by atoms with van der Waals surface area (Å²) in [5, 5.41) is 23.2. The molecule has 0 saturated carbocycles. The van der Waals surface area contributed by atoms with Gasteiger partial charge in [-0.05, 0) is 63.5 Å². The number of nitrogens with two attached hydrogens (primary N) is 2. The van der Waals surface area contributed by atoms with Gasteiger partial charge >= 0.3 is 11.9 Å². The van der Waals surface area contributed by atoms with Crippen LogP contribution in [0.4, 0.5) is 0 Å². The second-order valence-electron chi connectivity index (χ2n) is 8.26. The van der Waals surface area contributed by atoms with E-state index < -0.39 is 60.2 Å². The van der Waals surface area contributed by atoms with Gasteiger partial charge in [0.05, 0.1) is 6.04 Å². The number of carbonyl (C=O) groups excluding carboxylic acids is 3. The smallest absolute Gasteiger partial charge is 0.326 e. The Kier molecular flexibility index (Phi) is 13.5. The third-order valence-electron chi connectivity index (χ3n) is 5.63. The molecule has 1 heterocycles. The Bertz CT molecular complexity index is 724. The molecular formula is C21H37N5O7S. The lowest BCUT2D eigenvalue weighted by Gasteiger charge is -2.30. The molecule has 0 aromatic carbocycles. The lowest BCUT2D eigenvalue weighted by molar-refractivity contribution is -0.145. The van der Waals surface area contributed by atoms with Crippen molar-refractivity contribution in [2.45, 2.75) is 75.5 Å². The lowest BCUT2D eigenvalue weighted by Crippen LogP contribution is -2.56. The van der Waals surface area contributed by atoms with Gasteiger partial charge in [-0.15, -0.1) is 0 Å². The van der Waals surface area contributed by atoms with Crippen molar-refractivity contribution in [1.29, 1.82) is 0 Å². The number of carbonyl (C=O) groups is 5. The Labute approximate surface area is 203 Å². The highest BCUT2D eigenvalue weighted by molar-refractivity contribution is 7.98. The molecule has 1 aliphatic rings. The molecule has 34 heavy (non-hydrogen) atoms. The monoisotopic (exact) mass is 503 g/mol. The fourth-order valence-electron chi connectivity index (χ4n) is 3.70. The van der Waals surface area contributed by atoms with Crippen LogP contribution in [0.15, 0.2) is 0 Å². The molecule has 8 N–H and O–H groups in total. The third-order valence-corrected chi connectivity index (χ3v) is 6.28. The van der Waals surface area contributed by atoms with Gasteiger partial charge in [-0.2, -0.15) is 11.8 Å². The largest absolute Gasteiger partial charge is 0.481 e. The predicted molar refractivity (Wildman–Crippen MR) is 127 cm³/mol. The average molecular weight is 504 g/mol. The number of aliphatic carboxylic acids is 2. The van der Waals surface area contributed by atoms with Gasteiger partial charge in [0.15, 0.2) is 0 Å². The van der Waals surface area contributed by atoms with Crippen LogP contribution < -0.4 is 22.1 Å². The predicted octanol–water partition coefficient (Wildman–Crippen LogP) is -0.894. The van der Waals surface area contributed by atoms with E-state index in [1.807, 2.05) is 6.26 Å². The van der Waals surface area contributed by atoms with E-state index in [4.69, 9.17) is 16.6 Å². The zero-order chi connectivity index (χ0) is 25.7. The SMILES string of the molecule is CSCCC(N)C(=O)NC(CCCCN)C(=O)N1CCCC1C(=O)NC(CCC(=O)O)C(=O)O. The zero-order valence-corrected chi connectivity index (χ0v) is 20.3. The van der Waals surface area contributed by atoms with Crippen LogP contribution >= 0.6 is 11.8 Å². The maximum Gasteiger partial charge on any atom is 0.326 e. The molecule has 0 aromatic rings. The van der Waals surface area contributed by atoms with Crippen LogP contribution in [-0.4, -0.2) is 94.0 Å². The molecule has 0 aliphatic carbocycles. The number of likely N-dealkylation sites (tertiary alicyclic amines) is 1. The van der Waals surface area contributed by atoms with E-state index >= 15 is 0 Å². The fraction of sp³-hybridized carbons (Fsp3) is 0.762. The van der Waals surface area contributed by atoms with Crippen molar-refractivity contribution in [2.24, 2.45) is 11.5 Å². The number of rotatable bonds is 16. The molecule has 0 radical (unpaired) electrons. The van der Waals surface area contributed by atoms with Gasteiger partial charge in [-0.3, -0.25) is 19.2 Å². The van der Waals surface area contributed by atoms with Crippen LogP contribution in [0.3, 0.4) is 0 Å². The first-order valence-electron chi connectivity index (χ1n) is 11.4. The molecule has 3 amide bonds. The third kappa shape index (κ3) is 9.85. The Balaban J connectivity index is 2.91. The fourth-order valence-corrected chi connectivity index (χ4v) is 4.19. The molecule has 1 saturated heterocycles. The van der Waals surface area contributed by atoms with Crippen molar-refractivity contribution in [1.82, 2.24) is 15.5 Å². The first kappa shape index (κ1) is 29.7. The van der Waals surface area contributed by atoms with Crippen molar-refractivity contribution in [3.8, 4) is 0 Å². The molecule has 12 nitrogen and oxygen atoms in total. The minimum absolute atomic E-state index is 0.275. The molecule has 0 aromatic heterocycles. The van der Waals surface area contributed by atoms with Crippen molar-refractivity contribution in [2.75, 3.05) is 25.1 Å². The second kappa shape index (κ2) is 15.5. The molecule has 1 aliphatic heterocycles. The van der Waals surface area contributed by atoms with Crippen LogP contribution in [0.25, 0.3) is 0 Å². The summed E-state index contributed by atoms with van der Waals surface area (Å²) in [6.07, 6.45) is 4.11. The van der Waals surface area contributed by atoms with Gasteiger partial charge in [0.2, 0.25) is 17.7 Å². The van der Waals surface area contributed by atoms with Gasteiger partial charge in [0.1, 0.15) is 18.1 Å². The summed E-state index contributed by atoms with van der Waals surface area (Å²) in [6, 6.07) is -3.93. The summed E-state index contributed by atoms with van der Waals surface area (Å²) >= 11 is 1.56. The number of hydrogen-bond donors (Lipinski definition) is 6. The first-order chi connectivity index (χ1) is 16.1. The number of carboxylic acids is 2. The van der Waals surface area contributed by atoms with Gasteiger partial charge in [0, 0.05) is 13.0 Å². The minimum atomic E-state index is -1.38. The number of hydrogen-bond acceptors (Lipinski definition) is 8. The summed E-state index contributed by atoms with van der Waals surface area (Å²) in [5.74, 6) is -3.37. The summed E-state index contributed by atoms with van der Waals surface area (Å²) in [7, 11) is 0. The Hall–Kier alpha value is -2.38. The van der Waals surface area contributed by atoms with E-state index in [9.17, 15) is 29.1 Å². The standard InChI is InChI=1S/C21H37N5O7S/c1-34-12-9-13(23)18(29)24-14(5-2-3-10-22)20(31)26-11-4-6-16(26)19(30)25-15(21(32)33)7-8-17(27)28/h13-16H,2-12,22-23H2,1H3,(H,24,29)(H,25,30)(H,27,28)(H,32,33). The normalized spacial score (nSPS) is 18.1. The molecule has 4 atom stereocenters. The number of thioether (sulfide) groups is 1. The molecule has 0 bridgehead atoms. The van der Waals surface area contributed by atoms with Crippen molar-refractivity contribution < 1.29 is 34.2 Å². The molecule has 194 valence electrons. The highest BCUT2D eigenvalue weighted by atomic mass is 32.2. The topological polar surface area (TPSA) is 205 Å². The van der Waals surface area contributed by atoms with E-state index in [2.05, 4.69) is 10.6 Å². The Morgan fingerprint density at radius 3 is 2.35 bits per heavy atom. The Morgan fingerprint density at radius 2 is 1.76 bits per heavy atom. The maximum atomic E-state index is 13.3. The van der Waals surface area contributed by atoms with Gasteiger partial charge in [-0.1, -0.05) is 0 Å². The van der Waals surface area contributed by atoms with E-state index in [1.54, 1.807) is 11.8 Å². The summed E-state index contributed by atoms with van der Waals surface area (Å²) in [5.41, 5.74) is 11.5. The second-order valence-corrected chi connectivity index (χ2v) is 9.24. The quantitative estimate of drug-likeness (QED) is 0.143. The zero-order valence-electron chi connectivity index (χ0n) is 19.5. The highest BCUT2D eigenvalue weighted by Crippen LogP contribution is 2.20. The van der Waals surface area contributed by atoms with Gasteiger partial charge in [0.25, 0.3) is 0 Å². The van der Waals surface area contributed by atoms with Crippen LogP contribution in [0.2, 0.25) is 0 Å². The molecule has 1 fully saturated rings. The van der Waals surface area contributed by atoms with E-state index in [0.29, 0.717) is 50.8 Å².